The molecular formula is C15H31NO. The van der Waals surface area contributed by atoms with Gasteiger partial charge in [-0.3, -0.25) is 0 Å². The lowest BCUT2D eigenvalue weighted by Crippen LogP contribution is -2.39. The topological polar surface area (TPSA) is 21.3 Å². The summed E-state index contributed by atoms with van der Waals surface area (Å²) >= 11 is 0. The predicted octanol–water partition coefficient (Wildman–Crippen LogP) is 3.61. The minimum absolute atomic E-state index is 0.594. The van der Waals surface area contributed by atoms with Crippen LogP contribution in [0.25, 0.3) is 0 Å². The van der Waals surface area contributed by atoms with E-state index >= 15 is 0 Å². The fourth-order valence-electron chi connectivity index (χ4n) is 2.96. The molecule has 2 heteroatoms. The highest BCUT2D eigenvalue weighted by Crippen LogP contribution is 2.27. The van der Waals surface area contributed by atoms with Crippen molar-refractivity contribution in [3.8, 4) is 0 Å². The average Bonchev–Trinajstić information content (AvgIpc) is 2.81. The van der Waals surface area contributed by atoms with Gasteiger partial charge in [0.1, 0.15) is 0 Å². The van der Waals surface area contributed by atoms with Crippen LogP contribution < -0.4 is 5.32 Å². The molecule has 1 aliphatic carbocycles. The maximum absolute atomic E-state index is 5.91. The van der Waals surface area contributed by atoms with Gasteiger partial charge >= 0.3 is 0 Å². The highest BCUT2D eigenvalue weighted by Gasteiger charge is 2.24. The first-order chi connectivity index (χ1) is 8.27. The molecule has 0 spiro atoms. The second-order valence-corrected chi connectivity index (χ2v) is 5.64. The molecule has 1 rings (SSSR count). The summed E-state index contributed by atoms with van der Waals surface area (Å²) in [5.41, 5.74) is 0. The van der Waals surface area contributed by atoms with Gasteiger partial charge in [0, 0.05) is 12.6 Å². The van der Waals surface area contributed by atoms with Gasteiger partial charge in [0.15, 0.2) is 0 Å². The van der Waals surface area contributed by atoms with Gasteiger partial charge in [0.2, 0.25) is 0 Å². The second kappa shape index (κ2) is 8.93. The van der Waals surface area contributed by atoms with E-state index in [1.807, 2.05) is 0 Å². The highest BCUT2D eigenvalue weighted by atomic mass is 16.5. The van der Waals surface area contributed by atoms with Crippen molar-refractivity contribution < 1.29 is 4.74 Å². The lowest BCUT2D eigenvalue weighted by molar-refractivity contribution is 0.0699. The average molecular weight is 241 g/mol. The van der Waals surface area contributed by atoms with Gasteiger partial charge in [0.25, 0.3) is 0 Å². The van der Waals surface area contributed by atoms with Gasteiger partial charge in [-0.15, -0.1) is 0 Å². The lowest BCUT2D eigenvalue weighted by Gasteiger charge is -2.24. The molecule has 0 aliphatic heterocycles. The van der Waals surface area contributed by atoms with Crippen LogP contribution in [-0.4, -0.2) is 25.8 Å². The van der Waals surface area contributed by atoms with E-state index in [-0.39, 0.29) is 0 Å². The van der Waals surface area contributed by atoms with Crippen LogP contribution in [0.1, 0.15) is 59.3 Å². The fraction of sp³-hybridized carbons (Fsp3) is 1.00. The zero-order valence-corrected chi connectivity index (χ0v) is 12.0. The van der Waals surface area contributed by atoms with Crippen molar-refractivity contribution in [3.63, 3.8) is 0 Å². The van der Waals surface area contributed by atoms with E-state index in [9.17, 15) is 0 Å². The minimum Gasteiger partial charge on any atom is -0.380 e. The van der Waals surface area contributed by atoms with Crippen LogP contribution in [0.15, 0.2) is 0 Å². The second-order valence-electron chi connectivity index (χ2n) is 5.64. The monoisotopic (exact) mass is 241 g/mol. The smallest absolute Gasteiger partial charge is 0.0622 e. The molecular weight excluding hydrogens is 210 g/mol. The van der Waals surface area contributed by atoms with E-state index in [2.05, 4.69) is 26.1 Å². The maximum Gasteiger partial charge on any atom is 0.0622 e. The summed E-state index contributed by atoms with van der Waals surface area (Å²) in [6.07, 6.45) is 8.17. The first kappa shape index (κ1) is 15.0. The van der Waals surface area contributed by atoms with E-state index in [0.29, 0.717) is 12.0 Å². The Kier molecular flexibility index (Phi) is 7.87. The molecule has 0 aromatic rings. The summed E-state index contributed by atoms with van der Waals surface area (Å²) in [4.78, 5) is 0. The Morgan fingerprint density at radius 3 is 2.47 bits per heavy atom. The third-order valence-corrected chi connectivity index (χ3v) is 3.92. The summed E-state index contributed by atoms with van der Waals surface area (Å²) in [6.45, 7) is 9.64. The molecule has 1 aliphatic rings. The molecule has 1 N–H and O–H groups in total. The number of ether oxygens (including phenoxy) is 1. The van der Waals surface area contributed by atoms with Crippen molar-refractivity contribution in [1.82, 2.24) is 5.32 Å². The molecule has 0 heterocycles. The Hall–Kier alpha value is -0.0800. The summed E-state index contributed by atoms with van der Waals surface area (Å²) < 4.78 is 5.91. The molecule has 0 radical (unpaired) electrons. The molecule has 0 amide bonds. The van der Waals surface area contributed by atoms with Crippen molar-refractivity contribution >= 4 is 0 Å². The van der Waals surface area contributed by atoms with Crippen LogP contribution in [0.5, 0.6) is 0 Å². The van der Waals surface area contributed by atoms with E-state index in [4.69, 9.17) is 4.74 Å². The fourth-order valence-corrected chi connectivity index (χ4v) is 2.96. The van der Waals surface area contributed by atoms with Crippen molar-refractivity contribution in [2.75, 3.05) is 19.8 Å². The van der Waals surface area contributed by atoms with E-state index in [0.717, 1.165) is 25.7 Å². The zero-order chi connectivity index (χ0) is 12.5. The standard InChI is InChI=1S/C15H31NO/c1-4-8-13(3)11-17-12-15(16-5-2)14-9-6-7-10-14/h13-16H,4-12H2,1-3H3. The van der Waals surface area contributed by atoms with Crippen molar-refractivity contribution in [3.05, 3.63) is 0 Å². The quantitative estimate of drug-likeness (QED) is 0.666. The normalized spacial score (nSPS) is 20.6. The van der Waals surface area contributed by atoms with Gasteiger partial charge in [0.05, 0.1) is 6.61 Å². The number of rotatable bonds is 9. The largest absolute Gasteiger partial charge is 0.380 e. The highest BCUT2D eigenvalue weighted by molar-refractivity contribution is 4.80. The Labute approximate surface area is 108 Å². The molecule has 2 unspecified atom stereocenters. The molecule has 0 aromatic carbocycles. The van der Waals surface area contributed by atoms with Crippen LogP contribution in [0.2, 0.25) is 0 Å². The Morgan fingerprint density at radius 1 is 1.18 bits per heavy atom. The Bertz CT molecular complexity index is 178. The molecule has 2 nitrogen and oxygen atoms in total. The first-order valence-electron chi connectivity index (χ1n) is 7.59. The SMILES string of the molecule is CCCC(C)COCC(NCC)C1CCCC1. The molecule has 0 bridgehead atoms. The van der Waals surface area contributed by atoms with Gasteiger partial charge in [-0.05, 0) is 37.6 Å². The zero-order valence-electron chi connectivity index (χ0n) is 12.0. The molecule has 2 atom stereocenters. The van der Waals surface area contributed by atoms with Gasteiger partial charge in [-0.1, -0.05) is 40.0 Å². The van der Waals surface area contributed by atoms with Crippen LogP contribution in [0.3, 0.4) is 0 Å². The Morgan fingerprint density at radius 2 is 1.88 bits per heavy atom. The number of likely N-dealkylation sites (N-methyl/N-ethyl adjacent to an activating group) is 1. The van der Waals surface area contributed by atoms with E-state index < -0.39 is 0 Å². The summed E-state index contributed by atoms with van der Waals surface area (Å²) in [5, 5.41) is 3.61. The van der Waals surface area contributed by atoms with Gasteiger partial charge in [-0.2, -0.15) is 0 Å². The van der Waals surface area contributed by atoms with Crippen LogP contribution in [0.4, 0.5) is 0 Å². The van der Waals surface area contributed by atoms with Crippen molar-refractivity contribution in [2.24, 2.45) is 11.8 Å². The van der Waals surface area contributed by atoms with Crippen molar-refractivity contribution in [2.45, 2.75) is 65.3 Å². The molecule has 17 heavy (non-hydrogen) atoms. The molecule has 1 fully saturated rings. The van der Waals surface area contributed by atoms with E-state index in [1.165, 1.54) is 38.5 Å². The summed E-state index contributed by atoms with van der Waals surface area (Å²) in [5.74, 6) is 1.57. The number of hydrogen-bond donors (Lipinski definition) is 1. The molecule has 0 aromatic heterocycles. The van der Waals surface area contributed by atoms with Crippen molar-refractivity contribution in [1.29, 1.82) is 0 Å². The summed E-state index contributed by atoms with van der Waals surface area (Å²) in [6, 6.07) is 0.594. The number of hydrogen-bond acceptors (Lipinski definition) is 2. The van der Waals surface area contributed by atoms with Gasteiger partial charge < -0.3 is 10.1 Å². The number of nitrogens with one attached hydrogen (secondary N) is 1. The van der Waals surface area contributed by atoms with E-state index in [1.54, 1.807) is 0 Å². The molecule has 0 saturated heterocycles. The lowest BCUT2D eigenvalue weighted by atomic mass is 9.99. The van der Waals surface area contributed by atoms with Crippen LogP contribution >= 0.6 is 0 Å². The predicted molar refractivity (Wildman–Crippen MR) is 74.3 cm³/mol. The molecule has 1 saturated carbocycles. The minimum atomic E-state index is 0.594. The molecule has 102 valence electrons. The maximum atomic E-state index is 5.91. The Balaban J connectivity index is 2.19. The summed E-state index contributed by atoms with van der Waals surface area (Å²) in [7, 11) is 0. The third kappa shape index (κ3) is 5.87. The van der Waals surface area contributed by atoms with Gasteiger partial charge in [-0.25, -0.2) is 0 Å². The first-order valence-corrected chi connectivity index (χ1v) is 7.59. The third-order valence-electron chi connectivity index (χ3n) is 3.92. The van der Waals surface area contributed by atoms with Crippen LogP contribution in [0, 0.1) is 11.8 Å². The van der Waals surface area contributed by atoms with Crippen LogP contribution in [-0.2, 0) is 4.74 Å².